The fourth-order valence-corrected chi connectivity index (χ4v) is 3.85. The molecule has 3 unspecified atom stereocenters. The molecule has 0 rings (SSSR count). The van der Waals surface area contributed by atoms with E-state index < -0.39 is 0 Å². The van der Waals surface area contributed by atoms with Gasteiger partial charge in [-0.05, 0) is 37.1 Å². The average molecular weight is 336 g/mol. The van der Waals surface area contributed by atoms with Crippen molar-refractivity contribution < 1.29 is 0 Å². The number of hydrogen-bond donors (Lipinski definition) is 1. The second-order valence-electron chi connectivity index (χ2n) is 9.27. The molecule has 0 heterocycles. The molecular weight excluding hydrogens is 289 g/mol. The van der Waals surface area contributed by atoms with Gasteiger partial charge in [-0.3, -0.25) is 0 Å². The molecule has 3 atom stereocenters. The normalized spacial score (nSPS) is 16.0. The Morgan fingerprint density at radius 3 is 1.92 bits per heavy atom. The summed E-state index contributed by atoms with van der Waals surface area (Å²) in [7, 11) is 2.61. The summed E-state index contributed by atoms with van der Waals surface area (Å²) in [5, 5.41) is 0. The summed E-state index contributed by atoms with van der Waals surface area (Å²) >= 11 is 0. The van der Waals surface area contributed by atoms with Gasteiger partial charge in [-0.1, -0.05) is 105 Å². The molecule has 1 radical (unpaired) electrons. The van der Waals surface area contributed by atoms with E-state index >= 15 is 0 Å². The van der Waals surface area contributed by atoms with Crippen molar-refractivity contribution in [3.63, 3.8) is 0 Å². The standard InChI is InChI=1S/C22H47BN/c1-7-8-12-19(2)13-9-14-20(3)23-21(4)15-10-16-22(5,6)17-11-18-24/h19-21H,7-18,24H2,1-6H3. The Bertz CT molecular complexity index is 277. The molecular formula is C22H47BN. The predicted molar refractivity (Wildman–Crippen MR) is 113 cm³/mol. The second-order valence-corrected chi connectivity index (χ2v) is 9.27. The van der Waals surface area contributed by atoms with Crippen molar-refractivity contribution in [3.8, 4) is 0 Å². The molecule has 2 N–H and O–H groups in total. The third kappa shape index (κ3) is 14.4. The van der Waals surface area contributed by atoms with Crippen molar-refractivity contribution >= 4 is 7.28 Å². The maximum Gasteiger partial charge on any atom is 0.117 e. The van der Waals surface area contributed by atoms with Crippen molar-refractivity contribution in [2.75, 3.05) is 6.54 Å². The van der Waals surface area contributed by atoms with Gasteiger partial charge in [0, 0.05) is 0 Å². The Hall–Kier alpha value is 0.0249. The molecule has 0 aliphatic rings. The molecule has 0 saturated carbocycles. The van der Waals surface area contributed by atoms with E-state index in [1.807, 2.05) is 0 Å². The summed E-state index contributed by atoms with van der Waals surface area (Å²) in [4.78, 5) is 0. The Balaban J connectivity index is 3.73. The van der Waals surface area contributed by atoms with E-state index in [0.717, 1.165) is 24.1 Å². The third-order valence-corrected chi connectivity index (χ3v) is 5.63. The van der Waals surface area contributed by atoms with E-state index in [9.17, 15) is 0 Å². The maximum atomic E-state index is 5.64. The molecule has 2 heteroatoms. The van der Waals surface area contributed by atoms with E-state index in [1.165, 1.54) is 70.6 Å². The Labute approximate surface area is 155 Å². The van der Waals surface area contributed by atoms with Crippen LogP contribution in [0.4, 0.5) is 0 Å². The average Bonchev–Trinajstić information content (AvgIpc) is 2.50. The first kappa shape index (κ1) is 24.0. The quantitative estimate of drug-likeness (QED) is 0.295. The predicted octanol–water partition coefficient (Wildman–Crippen LogP) is 7.24. The zero-order valence-electron chi connectivity index (χ0n) is 17.9. The molecule has 143 valence electrons. The lowest BCUT2D eigenvalue weighted by molar-refractivity contribution is 0.289. The fourth-order valence-electron chi connectivity index (χ4n) is 3.85. The lowest BCUT2D eigenvalue weighted by Crippen LogP contribution is -2.14. The number of hydrogen-bond acceptors (Lipinski definition) is 1. The topological polar surface area (TPSA) is 26.0 Å². The molecule has 0 bridgehead atoms. The molecule has 0 spiro atoms. The van der Waals surface area contributed by atoms with Gasteiger partial charge < -0.3 is 5.73 Å². The molecule has 0 aliphatic carbocycles. The highest BCUT2D eigenvalue weighted by atomic mass is 14.5. The molecule has 0 amide bonds. The molecule has 0 aromatic rings. The zero-order chi connectivity index (χ0) is 18.4. The summed E-state index contributed by atoms with van der Waals surface area (Å²) < 4.78 is 0. The Morgan fingerprint density at radius 1 is 0.792 bits per heavy atom. The zero-order valence-corrected chi connectivity index (χ0v) is 17.9. The molecule has 0 aromatic heterocycles. The van der Waals surface area contributed by atoms with Gasteiger partial charge in [0.05, 0.1) is 0 Å². The van der Waals surface area contributed by atoms with Crippen LogP contribution in [-0.2, 0) is 0 Å². The van der Waals surface area contributed by atoms with Crippen LogP contribution >= 0.6 is 0 Å². The van der Waals surface area contributed by atoms with Crippen molar-refractivity contribution in [3.05, 3.63) is 0 Å². The van der Waals surface area contributed by atoms with Gasteiger partial charge in [0.1, 0.15) is 7.28 Å². The van der Waals surface area contributed by atoms with E-state index in [-0.39, 0.29) is 0 Å². The van der Waals surface area contributed by atoms with Crippen molar-refractivity contribution in [1.29, 1.82) is 0 Å². The van der Waals surface area contributed by atoms with Crippen LogP contribution in [0.25, 0.3) is 0 Å². The lowest BCUT2D eigenvalue weighted by atomic mass is 9.53. The summed E-state index contributed by atoms with van der Waals surface area (Å²) in [5.74, 6) is 2.47. The van der Waals surface area contributed by atoms with Crippen molar-refractivity contribution in [2.45, 2.75) is 124 Å². The first-order valence-corrected chi connectivity index (χ1v) is 10.9. The minimum absolute atomic E-state index is 0.472. The van der Waals surface area contributed by atoms with Gasteiger partial charge in [-0.25, -0.2) is 0 Å². The van der Waals surface area contributed by atoms with Gasteiger partial charge >= 0.3 is 0 Å². The van der Waals surface area contributed by atoms with Gasteiger partial charge in [0.25, 0.3) is 0 Å². The highest BCUT2D eigenvalue weighted by Crippen LogP contribution is 2.31. The van der Waals surface area contributed by atoms with Crippen LogP contribution in [0.15, 0.2) is 0 Å². The van der Waals surface area contributed by atoms with E-state index in [0.29, 0.717) is 5.41 Å². The molecule has 0 aliphatic heterocycles. The summed E-state index contributed by atoms with van der Waals surface area (Å²) in [6, 6.07) is 0. The highest BCUT2D eigenvalue weighted by Gasteiger charge is 2.18. The van der Waals surface area contributed by atoms with Gasteiger partial charge in [0.2, 0.25) is 0 Å². The highest BCUT2D eigenvalue weighted by molar-refractivity contribution is 6.39. The first-order chi connectivity index (χ1) is 11.3. The van der Waals surface area contributed by atoms with Crippen LogP contribution in [-0.4, -0.2) is 13.8 Å². The van der Waals surface area contributed by atoms with E-state index in [2.05, 4.69) is 48.8 Å². The smallest absolute Gasteiger partial charge is 0.117 e. The van der Waals surface area contributed by atoms with Crippen molar-refractivity contribution in [1.82, 2.24) is 0 Å². The maximum absolute atomic E-state index is 5.64. The van der Waals surface area contributed by atoms with Gasteiger partial charge in [-0.15, -0.1) is 0 Å². The van der Waals surface area contributed by atoms with Crippen LogP contribution in [0.5, 0.6) is 0 Å². The largest absolute Gasteiger partial charge is 0.330 e. The first-order valence-electron chi connectivity index (χ1n) is 10.9. The number of unbranched alkanes of at least 4 members (excludes halogenated alkanes) is 1. The molecule has 1 nitrogen and oxygen atoms in total. The molecule has 0 saturated heterocycles. The molecule has 24 heavy (non-hydrogen) atoms. The Kier molecular flexibility index (Phi) is 14.2. The lowest BCUT2D eigenvalue weighted by Gasteiger charge is -2.25. The monoisotopic (exact) mass is 336 g/mol. The fraction of sp³-hybridized carbons (Fsp3) is 1.00. The summed E-state index contributed by atoms with van der Waals surface area (Å²) in [6.07, 6.45) is 14.9. The van der Waals surface area contributed by atoms with Gasteiger partial charge in [0.15, 0.2) is 0 Å². The van der Waals surface area contributed by atoms with Crippen LogP contribution in [0.2, 0.25) is 11.6 Å². The van der Waals surface area contributed by atoms with Gasteiger partial charge in [-0.2, -0.15) is 0 Å². The van der Waals surface area contributed by atoms with Crippen LogP contribution in [0.3, 0.4) is 0 Å². The summed E-state index contributed by atoms with van der Waals surface area (Å²) in [6.45, 7) is 15.2. The van der Waals surface area contributed by atoms with Crippen LogP contribution < -0.4 is 5.73 Å². The minimum atomic E-state index is 0.472. The third-order valence-electron chi connectivity index (χ3n) is 5.63. The summed E-state index contributed by atoms with van der Waals surface area (Å²) in [5.41, 5.74) is 6.12. The Morgan fingerprint density at radius 2 is 1.33 bits per heavy atom. The minimum Gasteiger partial charge on any atom is -0.330 e. The molecule has 0 aromatic carbocycles. The number of rotatable bonds is 16. The van der Waals surface area contributed by atoms with Crippen LogP contribution in [0, 0.1) is 11.3 Å². The molecule has 0 fully saturated rings. The number of nitrogens with two attached hydrogens (primary N) is 1. The van der Waals surface area contributed by atoms with E-state index in [1.54, 1.807) is 0 Å². The van der Waals surface area contributed by atoms with E-state index in [4.69, 9.17) is 5.73 Å². The second kappa shape index (κ2) is 14.2. The van der Waals surface area contributed by atoms with Crippen molar-refractivity contribution in [2.24, 2.45) is 17.1 Å². The van der Waals surface area contributed by atoms with Crippen LogP contribution in [0.1, 0.15) is 112 Å². The SMILES string of the molecule is CCCCC(C)CCCC(C)[B]C(C)CCCC(C)(C)CCCN.